The average molecular weight is 457 g/mol. The van der Waals surface area contributed by atoms with E-state index in [0.717, 1.165) is 5.56 Å². The van der Waals surface area contributed by atoms with Crippen LogP contribution in [0.1, 0.15) is 21.5 Å². The molecule has 31 heavy (non-hydrogen) atoms. The number of hydrogen-bond acceptors (Lipinski definition) is 5. The van der Waals surface area contributed by atoms with Crippen LogP contribution in [0.4, 0.5) is 0 Å². The van der Waals surface area contributed by atoms with Crippen LogP contribution in [0.15, 0.2) is 71.8 Å². The van der Waals surface area contributed by atoms with Crippen molar-refractivity contribution in [2.45, 2.75) is 6.92 Å². The smallest absolute Gasteiger partial charge is 0.345 e. The van der Waals surface area contributed by atoms with Crippen molar-refractivity contribution in [3.05, 3.63) is 93.5 Å². The molecule has 3 aromatic rings. The van der Waals surface area contributed by atoms with Gasteiger partial charge in [0.25, 0.3) is 5.91 Å². The largest absolute Gasteiger partial charge is 0.484 e. The zero-order chi connectivity index (χ0) is 22.2. The van der Waals surface area contributed by atoms with Gasteiger partial charge < -0.3 is 9.47 Å². The van der Waals surface area contributed by atoms with Crippen LogP contribution < -0.4 is 14.9 Å². The van der Waals surface area contributed by atoms with Crippen molar-refractivity contribution in [3.8, 4) is 11.5 Å². The Kier molecular flexibility index (Phi) is 7.65. The Morgan fingerprint density at radius 3 is 2.55 bits per heavy atom. The van der Waals surface area contributed by atoms with E-state index in [9.17, 15) is 9.59 Å². The summed E-state index contributed by atoms with van der Waals surface area (Å²) in [6.07, 6.45) is 1.43. The van der Waals surface area contributed by atoms with E-state index in [-0.39, 0.29) is 17.2 Å². The van der Waals surface area contributed by atoms with Crippen LogP contribution in [0.2, 0.25) is 10.0 Å². The van der Waals surface area contributed by atoms with Gasteiger partial charge in [-0.2, -0.15) is 5.10 Å². The number of rotatable bonds is 7. The minimum atomic E-state index is -0.614. The number of aryl methyl sites for hydroxylation is 1. The minimum Gasteiger partial charge on any atom is -0.484 e. The number of halogens is 2. The summed E-state index contributed by atoms with van der Waals surface area (Å²) in [6, 6.07) is 18.6. The van der Waals surface area contributed by atoms with Crippen LogP contribution in [0.3, 0.4) is 0 Å². The molecule has 0 unspecified atom stereocenters. The number of benzene rings is 3. The van der Waals surface area contributed by atoms with Crippen molar-refractivity contribution >= 4 is 41.3 Å². The predicted molar refractivity (Wildman–Crippen MR) is 120 cm³/mol. The van der Waals surface area contributed by atoms with Crippen molar-refractivity contribution in [1.82, 2.24) is 5.43 Å². The Morgan fingerprint density at radius 2 is 1.77 bits per heavy atom. The summed E-state index contributed by atoms with van der Waals surface area (Å²) in [4.78, 5) is 24.2. The summed E-state index contributed by atoms with van der Waals surface area (Å²) >= 11 is 11.9. The molecule has 8 heteroatoms. The molecule has 0 aliphatic carbocycles. The Labute approximate surface area is 189 Å². The van der Waals surface area contributed by atoms with E-state index in [4.69, 9.17) is 32.7 Å². The van der Waals surface area contributed by atoms with E-state index in [1.807, 2.05) is 25.1 Å². The third-order valence-electron chi connectivity index (χ3n) is 3.98. The van der Waals surface area contributed by atoms with Gasteiger partial charge in [0, 0.05) is 5.02 Å². The van der Waals surface area contributed by atoms with Gasteiger partial charge in [0.05, 0.1) is 16.8 Å². The molecule has 0 aliphatic heterocycles. The van der Waals surface area contributed by atoms with Crippen LogP contribution in [0.5, 0.6) is 11.5 Å². The summed E-state index contributed by atoms with van der Waals surface area (Å²) in [5.74, 6) is -0.112. The average Bonchev–Trinajstić information content (AvgIpc) is 2.72. The lowest BCUT2D eigenvalue weighted by atomic mass is 10.2. The van der Waals surface area contributed by atoms with Crippen molar-refractivity contribution in [2.75, 3.05) is 6.61 Å². The summed E-state index contributed by atoms with van der Waals surface area (Å²) < 4.78 is 10.8. The molecule has 3 aromatic carbocycles. The number of carbonyl (C=O) groups excluding carboxylic acids is 2. The highest BCUT2D eigenvalue weighted by Gasteiger charge is 2.13. The molecule has 0 bridgehead atoms. The fourth-order valence-electron chi connectivity index (χ4n) is 2.54. The third kappa shape index (κ3) is 6.84. The highest BCUT2D eigenvalue weighted by molar-refractivity contribution is 6.36. The van der Waals surface area contributed by atoms with E-state index in [1.165, 1.54) is 18.3 Å². The number of carbonyl (C=O) groups is 2. The molecule has 1 amide bonds. The van der Waals surface area contributed by atoms with Crippen molar-refractivity contribution < 1.29 is 19.1 Å². The number of amides is 1. The van der Waals surface area contributed by atoms with Crippen molar-refractivity contribution in [2.24, 2.45) is 5.10 Å². The standard InChI is InChI=1S/C23H18Cl2N2O4/c1-15-4-2-6-18(10-15)30-14-22(28)27-26-13-16-5-3-7-19(11-16)31-23(29)20-9-8-17(24)12-21(20)25/h2-13H,14H2,1H3,(H,27,28)/b26-13+. The normalized spacial score (nSPS) is 10.7. The number of hydrazone groups is 1. The Morgan fingerprint density at radius 1 is 1.00 bits per heavy atom. The maximum absolute atomic E-state index is 12.3. The van der Waals surface area contributed by atoms with E-state index in [0.29, 0.717) is 22.1 Å². The molecule has 0 spiro atoms. The molecular weight excluding hydrogens is 439 g/mol. The van der Waals surface area contributed by atoms with Gasteiger partial charge in [0.1, 0.15) is 11.5 Å². The molecule has 1 N–H and O–H groups in total. The maximum Gasteiger partial charge on any atom is 0.345 e. The van der Waals surface area contributed by atoms with Gasteiger partial charge in [-0.05, 0) is 60.5 Å². The lowest BCUT2D eigenvalue weighted by Crippen LogP contribution is -2.24. The molecular formula is C23H18Cl2N2O4. The van der Waals surface area contributed by atoms with Crippen LogP contribution in [-0.2, 0) is 4.79 Å². The maximum atomic E-state index is 12.3. The first-order valence-electron chi connectivity index (χ1n) is 9.19. The second kappa shape index (κ2) is 10.6. The Bertz CT molecular complexity index is 1130. The van der Waals surface area contributed by atoms with Gasteiger partial charge in [-0.25, -0.2) is 10.2 Å². The van der Waals surface area contributed by atoms with E-state index >= 15 is 0 Å². The van der Waals surface area contributed by atoms with E-state index in [2.05, 4.69) is 10.5 Å². The molecule has 0 heterocycles. The molecule has 0 saturated heterocycles. The summed E-state index contributed by atoms with van der Waals surface area (Å²) in [7, 11) is 0. The third-order valence-corrected chi connectivity index (χ3v) is 4.53. The van der Waals surface area contributed by atoms with Gasteiger partial charge in [0.2, 0.25) is 0 Å². The van der Waals surface area contributed by atoms with E-state index in [1.54, 1.807) is 36.4 Å². The minimum absolute atomic E-state index is 0.166. The highest BCUT2D eigenvalue weighted by atomic mass is 35.5. The SMILES string of the molecule is Cc1cccc(OCC(=O)N/N=C/c2cccc(OC(=O)c3ccc(Cl)cc3Cl)c2)c1. The number of nitrogens with one attached hydrogen (secondary N) is 1. The fraction of sp³-hybridized carbons (Fsp3) is 0.0870. The number of hydrogen-bond donors (Lipinski definition) is 1. The van der Waals surface area contributed by atoms with Gasteiger partial charge in [-0.1, -0.05) is 47.5 Å². The molecule has 158 valence electrons. The highest BCUT2D eigenvalue weighted by Crippen LogP contribution is 2.23. The summed E-state index contributed by atoms with van der Waals surface area (Å²) in [6.45, 7) is 1.77. The Hall–Kier alpha value is -3.35. The fourth-order valence-corrected chi connectivity index (χ4v) is 3.03. The molecule has 3 rings (SSSR count). The van der Waals surface area contributed by atoms with Crippen molar-refractivity contribution in [3.63, 3.8) is 0 Å². The summed E-state index contributed by atoms with van der Waals surface area (Å²) in [5.41, 5.74) is 4.24. The number of nitrogens with zero attached hydrogens (tertiary/aromatic N) is 1. The Balaban J connectivity index is 1.54. The first-order chi connectivity index (χ1) is 14.9. The predicted octanol–water partition coefficient (Wildman–Crippen LogP) is 5.05. The van der Waals surface area contributed by atoms with Crippen LogP contribution >= 0.6 is 23.2 Å². The van der Waals surface area contributed by atoms with Gasteiger partial charge >= 0.3 is 5.97 Å². The monoisotopic (exact) mass is 456 g/mol. The molecule has 0 aliphatic rings. The first-order valence-corrected chi connectivity index (χ1v) is 9.95. The zero-order valence-electron chi connectivity index (χ0n) is 16.5. The molecule has 0 aromatic heterocycles. The number of esters is 1. The summed E-state index contributed by atoms with van der Waals surface area (Å²) in [5, 5.41) is 4.51. The topological polar surface area (TPSA) is 77.0 Å². The molecule has 0 atom stereocenters. The van der Waals surface area contributed by atoms with Crippen molar-refractivity contribution in [1.29, 1.82) is 0 Å². The molecule has 0 radical (unpaired) electrons. The second-order valence-corrected chi connectivity index (χ2v) is 7.33. The van der Waals surface area contributed by atoms with Crippen LogP contribution in [0, 0.1) is 6.92 Å². The zero-order valence-corrected chi connectivity index (χ0v) is 18.0. The first kappa shape index (κ1) is 22.3. The van der Waals surface area contributed by atoms with Crippen LogP contribution in [0.25, 0.3) is 0 Å². The molecule has 0 fully saturated rings. The van der Waals surface area contributed by atoms with Gasteiger partial charge in [-0.15, -0.1) is 0 Å². The lowest BCUT2D eigenvalue weighted by molar-refractivity contribution is -0.123. The quantitative estimate of drug-likeness (QED) is 0.233. The second-order valence-electron chi connectivity index (χ2n) is 6.48. The van der Waals surface area contributed by atoms with Gasteiger partial charge in [-0.3, -0.25) is 4.79 Å². The number of ether oxygens (including phenoxy) is 2. The lowest BCUT2D eigenvalue weighted by Gasteiger charge is -2.07. The van der Waals surface area contributed by atoms with E-state index < -0.39 is 11.9 Å². The van der Waals surface area contributed by atoms with Gasteiger partial charge in [0.15, 0.2) is 6.61 Å². The molecule has 0 saturated carbocycles. The van der Waals surface area contributed by atoms with Crippen LogP contribution in [-0.4, -0.2) is 24.7 Å². The molecule has 6 nitrogen and oxygen atoms in total.